The summed E-state index contributed by atoms with van der Waals surface area (Å²) in [6.45, 7) is 8.24. The van der Waals surface area contributed by atoms with Crippen molar-refractivity contribution in [3.8, 4) is 5.88 Å². The number of nitrogens with zero attached hydrogens (tertiary/aromatic N) is 6. The molecule has 138 valence electrons. The van der Waals surface area contributed by atoms with Crippen molar-refractivity contribution < 1.29 is 9.84 Å². The van der Waals surface area contributed by atoms with Crippen LogP contribution in [0.5, 0.6) is 5.88 Å². The highest BCUT2D eigenvalue weighted by Gasteiger charge is 2.38. The molecule has 0 aliphatic carbocycles. The van der Waals surface area contributed by atoms with E-state index in [9.17, 15) is 5.11 Å². The van der Waals surface area contributed by atoms with Crippen molar-refractivity contribution in [3.63, 3.8) is 0 Å². The van der Waals surface area contributed by atoms with Crippen LogP contribution >= 0.6 is 0 Å². The summed E-state index contributed by atoms with van der Waals surface area (Å²) in [6, 6.07) is 0.229. The fourth-order valence-corrected chi connectivity index (χ4v) is 3.55. The predicted molar refractivity (Wildman–Crippen MR) is 93.3 cm³/mol. The highest BCUT2D eigenvalue weighted by molar-refractivity contribution is 5.31. The molecule has 3 heterocycles. The third-order valence-electron chi connectivity index (χ3n) is 4.93. The number of aryl methyl sites for hydroxylation is 2. The lowest BCUT2D eigenvalue weighted by atomic mass is 9.89. The van der Waals surface area contributed by atoms with E-state index >= 15 is 0 Å². The third kappa shape index (κ3) is 3.41. The van der Waals surface area contributed by atoms with Gasteiger partial charge in [0.25, 0.3) is 0 Å². The normalized spacial score (nSPS) is 21.9. The fourth-order valence-electron chi connectivity index (χ4n) is 3.55. The minimum atomic E-state index is -0.964. The van der Waals surface area contributed by atoms with Gasteiger partial charge in [-0.3, -0.25) is 4.90 Å². The number of methoxy groups -OCH3 is 1. The molecular formula is C17H28N6O2. The van der Waals surface area contributed by atoms with E-state index in [2.05, 4.69) is 20.3 Å². The van der Waals surface area contributed by atoms with Crippen molar-refractivity contribution in [1.82, 2.24) is 29.7 Å². The number of ether oxygens (including phenoxy) is 1. The number of aliphatic hydroxyl groups is 1. The molecule has 0 radical (unpaired) electrons. The SMILES string of the molecule is COc1c(CN2CCCC(O)(c3cn(C(C)C)nn3)C2)c(C)nn1C. The Morgan fingerprint density at radius 2 is 2.16 bits per heavy atom. The van der Waals surface area contributed by atoms with Crippen LogP contribution in [0.2, 0.25) is 0 Å². The first-order valence-electron chi connectivity index (χ1n) is 8.77. The molecule has 1 unspecified atom stereocenters. The van der Waals surface area contributed by atoms with Crippen LogP contribution in [0.25, 0.3) is 0 Å². The van der Waals surface area contributed by atoms with Gasteiger partial charge in [0.15, 0.2) is 0 Å². The summed E-state index contributed by atoms with van der Waals surface area (Å²) < 4.78 is 9.04. The summed E-state index contributed by atoms with van der Waals surface area (Å²) in [6.07, 6.45) is 3.47. The number of hydrogen-bond donors (Lipinski definition) is 1. The van der Waals surface area contributed by atoms with Crippen LogP contribution in [-0.4, -0.2) is 55.0 Å². The zero-order valence-corrected chi connectivity index (χ0v) is 15.7. The zero-order valence-electron chi connectivity index (χ0n) is 15.7. The van der Waals surface area contributed by atoms with E-state index in [1.165, 1.54) is 0 Å². The zero-order chi connectivity index (χ0) is 18.2. The second-order valence-electron chi connectivity index (χ2n) is 7.22. The number of hydrogen-bond acceptors (Lipinski definition) is 6. The molecule has 0 bridgehead atoms. The second kappa shape index (κ2) is 6.76. The lowest BCUT2D eigenvalue weighted by Gasteiger charge is -2.38. The maximum atomic E-state index is 11.2. The molecule has 2 aromatic rings. The molecule has 1 fully saturated rings. The summed E-state index contributed by atoms with van der Waals surface area (Å²) >= 11 is 0. The van der Waals surface area contributed by atoms with Gasteiger partial charge in [0.05, 0.1) is 24.6 Å². The Bertz CT molecular complexity index is 738. The molecule has 0 saturated carbocycles. The van der Waals surface area contributed by atoms with Crippen LogP contribution in [0.4, 0.5) is 0 Å². The molecule has 25 heavy (non-hydrogen) atoms. The van der Waals surface area contributed by atoms with Crippen molar-refractivity contribution in [2.45, 2.75) is 51.8 Å². The molecule has 1 atom stereocenters. The van der Waals surface area contributed by atoms with Crippen molar-refractivity contribution in [2.75, 3.05) is 20.2 Å². The average Bonchev–Trinajstić information content (AvgIpc) is 3.14. The minimum Gasteiger partial charge on any atom is -0.481 e. The molecule has 1 aliphatic rings. The minimum absolute atomic E-state index is 0.229. The van der Waals surface area contributed by atoms with Gasteiger partial charge in [0.1, 0.15) is 11.3 Å². The number of β-amino-alcohol motifs (C(OH)–C–C–N with tert-alkyl or cyclic N) is 1. The van der Waals surface area contributed by atoms with Gasteiger partial charge in [-0.15, -0.1) is 5.10 Å². The van der Waals surface area contributed by atoms with Crippen molar-refractivity contribution >= 4 is 0 Å². The lowest BCUT2D eigenvalue weighted by Crippen LogP contribution is -2.46. The van der Waals surface area contributed by atoms with Crippen LogP contribution in [0.3, 0.4) is 0 Å². The molecule has 8 nitrogen and oxygen atoms in total. The Labute approximate surface area is 148 Å². The largest absolute Gasteiger partial charge is 0.481 e. The highest BCUT2D eigenvalue weighted by atomic mass is 16.5. The third-order valence-corrected chi connectivity index (χ3v) is 4.93. The van der Waals surface area contributed by atoms with E-state index in [1.807, 2.05) is 34.0 Å². The summed E-state index contributed by atoms with van der Waals surface area (Å²) in [5.74, 6) is 0.775. The maximum Gasteiger partial charge on any atom is 0.216 e. The molecule has 1 aliphatic heterocycles. The molecule has 3 rings (SSSR count). The number of aromatic nitrogens is 5. The van der Waals surface area contributed by atoms with E-state index < -0.39 is 5.60 Å². The van der Waals surface area contributed by atoms with Crippen molar-refractivity contribution in [3.05, 3.63) is 23.1 Å². The molecule has 0 spiro atoms. The quantitative estimate of drug-likeness (QED) is 0.879. The van der Waals surface area contributed by atoms with Crippen molar-refractivity contribution in [2.24, 2.45) is 7.05 Å². The Morgan fingerprint density at radius 3 is 2.80 bits per heavy atom. The Hall–Kier alpha value is -1.93. The molecule has 1 N–H and O–H groups in total. The lowest BCUT2D eigenvalue weighted by molar-refractivity contribution is -0.0416. The van der Waals surface area contributed by atoms with Gasteiger partial charge in [-0.1, -0.05) is 5.21 Å². The molecule has 1 saturated heterocycles. The van der Waals surface area contributed by atoms with Crippen LogP contribution in [0, 0.1) is 6.92 Å². The first-order valence-corrected chi connectivity index (χ1v) is 8.77. The Balaban J connectivity index is 1.79. The monoisotopic (exact) mass is 348 g/mol. The van der Waals surface area contributed by atoms with Gasteiger partial charge in [0, 0.05) is 26.2 Å². The second-order valence-corrected chi connectivity index (χ2v) is 7.22. The smallest absolute Gasteiger partial charge is 0.216 e. The van der Waals surface area contributed by atoms with E-state index in [0.717, 1.165) is 30.1 Å². The van der Waals surface area contributed by atoms with E-state index in [0.29, 0.717) is 25.2 Å². The Kier molecular flexibility index (Phi) is 4.83. The van der Waals surface area contributed by atoms with E-state index in [4.69, 9.17) is 4.74 Å². The number of piperidine rings is 1. The Morgan fingerprint density at radius 1 is 1.40 bits per heavy atom. The molecule has 2 aromatic heterocycles. The van der Waals surface area contributed by atoms with Gasteiger partial charge < -0.3 is 9.84 Å². The summed E-state index contributed by atoms with van der Waals surface area (Å²) in [7, 11) is 3.54. The van der Waals surface area contributed by atoms with Gasteiger partial charge in [-0.05, 0) is 40.2 Å². The first-order chi connectivity index (χ1) is 11.8. The van der Waals surface area contributed by atoms with Gasteiger partial charge in [0.2, 0.25) is 5.88 Å². The molecule has 8 heteroatoms. The van der Waals surface area contributed by atoms with Crippen LogP contribution in [0.15, 0.2) is 6.20 Å². The van der Waals surface area contributed by atoms with Crippen molar-refractivity contribution in [1.29, 1.82) is 0 Å². The van der Waals surface area contributed by atoms with E-state index in [-0.39, 0.29) is 6.04 Å². The topological polar surface area (TPSA) is 81.2 Å². The summed E-state index contributed by atoms with van der Waals surface area (Å²) in [5, 5.41) is 24.0. The molecule has 0 aromatic carbocycles. The first kappa shape index (κ1) is 17.9. The predicted octanol–water partition coefficient (Wildman–Crippen LogP) is 1.39. The number of rotatable bonds is 5. The van der Waals surface area contributed by atoms with Crippen LogP contribution < -0.4 is 4.74 Å². The standard InChI is InChI=1S/C17H28N6O2/c1-12(2)23-10-15(18-20-23)17(24)7-6-8-22(11-17)9-14-13(3)19-21(4)16(14)25-5/h10,12,24H,6-9,11H2,1-5H3. The number of likely N-dealkylation sites (tertiary alicyclic amines) is 1. The average molecular weight is 348 g/mol. The molecule has 0 amide bonds. The van der Waals surface area contributed by atoms with Gasteiger partial charge in [-0.25, -0.2) is 9.36 Å². The summed E-state index contributed by atoms with van der Waals surface area (Å²) in [5.41, 5.74) is 1.72. The van der Waals surface area contributed by atoms with E-state index in [1.54, 1.807) is 16.5 Å². The van der Waals surface area contributed by atoms with Crippen LogP contribution in [-0.2, 0) is 19.2 Å². The summed E-state index contributed by atoms with van der Waals surface area (Å²) in [4.78, 5) is 2.24. The maximum absolute atomic E-state index is 11.2. The van der Waals surface area contributed by atoms with Gasteiger partial charge in [-0.2, -0.15) is 5.10 Å². The fraction of sp³-hybridized carbons (Fsp3) is 0.706. The molecular weight excluding hydrogens is 320 g/mol. The van der Waals surface area contributed by atoms with Crippen LogP contribution in [0.1, 0.15) is 49.7 Å². The highest BCUT2D eigenvalue weighted by Crippen LogP contribution is 2.32. The van der Waals surface area contributed by atoms with Gasteiger partial charge >= 0.3 is 0 Å².